The van der Waals surface area contributed by atoms with E-state index in [1.54, 1.807) is 7.11 Å². The molecule has 1 fully saturated rings. The Morgan fingerprint density at radius 2 is 2.28 bits per heavy atom. The van der Waals surface area contributed by atoms with Gasteiger partial charge in [-0.2, -0.15) is 0 Å². The van der Waals surface area contributed by atoms with E-state index >= 15 is 0 Å². The first-order valence-electron chi connectivity index (χ1n) is 7.14. The van der Waals surface area contributed by atoms with Crippen molar-refractivity contribution in [3.05, 3.63) is 0 Å². The lowest BCUT2D eigenvalue weighted by Crippen LogP contribution is -2.44. The molecule has 0 aromatic carbocycles. The second-order valence-electron chi connectivity index (χ2n) is 5.84. The summed E-state index contributed by atoms with van der Waals surface area (Å²) in [6.07, 6.45) is 4.75. The third-order valence-electron chi connectivity index (χ3n) is 4.16. The van der Waals surface area contributed by atoms with Crippen LogP contribution in [0.1, 0.15) is 32.6 Å². The van der Waals surface area contributed by atoms with Gasteiger partial charge < -0.3 is 20.1 Å². The molecule has 4 nitrogen and oxygen atoms in total. The van der Waals surface area contributed by atoms with Crippen molar-refractivity contribution < 1.29 is 9.84 Å². The first kappa shape index (κ1) is 15.9. The summed E-state index contributed by atoms with van der Waals surface area (Å²) in [6.45, 7) is 6.70. The van der Waals surface area contributed by atoms with E-state index in [-0.39, 0.29) is 12.1 Å². The minimum atomic E-state index is -0.123. The van der Waals surface area contributed by atoms with E-state index in [1.165, 1.54) is 25.9 Å². The lowest BCUT2D eigenvalue weighted by molar-refractivity contribution is 0.0870. The van der Waals surface area contributed by atoms with E-state index in [9.17, 15) is 5.11 Å². The van der Waals surface area contributed by atoms with Gasteiger partial charge in [0.25, 0.3) is 0 Å². The van der Waals surface area contributed by atoms with Crippen molar-refractivity contribution >= 4 is 0 Å². The van der Waals surface area contributed by atoms with Crippen molar-refractivity contribution in [2.75, 3.05) is 47.0 Å². The number of likely N-dealkylation sites (N-methyl/N-ethyl adjacent to an activating group) is 1. The number of aliphatic hydroxyl groups excluding tert-OH is 1. The molecule has 1 heterocycles. The molecule has 1 saturated heterocycles. The minimum Gasteiger partial charge on any atom is -0.394 e. The van der Waals surface area contributed by atoms with Gasteiger partial charge in [0, 0.05) is 19.2 Å². The van der Waals surface area contributed by atoms with E-state index < -0.39 is 0 Å². The Morgan fingerprint density at radius 3 is 2.89 bits per heavy atom. The Bertz CT molecular complexity index is 218. The number of hydrogen-bond acceptors (Lipinski definition) is 4. The molecular formula is C14H30N2O2. The second kappa shape index (κ2) is 8.10. The van der Waals surface area contributed by atoms with Crippen molar-refractivity contribution in [3.63, 3.8) is 0 Å². The van der Waals surface area contributed by atoms with Crippen LogP contribution in [-0.4, -0.2) is 62.6 Å². The molecule has 1 rings (SSSR count). The normalized spacial score (nSPS) is 25.0. The Hall–Kier alpha value is -0.160. The molecule has 2 N–H and O–H groups in total. The number of likely N-dealkylation sites (tertiary alicyclic amines) is 1. The monoisotopic (exact) mass is 258 g/mol. The smallest absolute Gasteiger partial charge is 0.0610 e. The van der Waals surface area contributed by atoms with Gasteiger partial charge in [0.1, 0.15) is 0 Å². The molecule has 0 aliphatic carbocycles. The number of nitrogens with one attached hydrogen (secondary N) is 1. The zero-order chi connectivity index (χ0) is 13.4. The first-order chi connectivity index (χ1) is 8.63. The predicted molar refractivity (Wildman–Crippen MR) is 74.8 cm³/mol. The maximum atomic E-state index is 9.34. The molecule has 0 aromatic rings. The Kier molecular flexibility index (Phi) is 7.15. The number of rotatable bonds is 8. The maximum absolute atomic E-state index is 9.34. The molecule has 2 unspecified atom stereocenters. The summed E-state index contributed by atoms with van der Waals surface area (Å²) in [5.74, 6) is 0.706. The van der Waals surface area contributed by atoms with Crippen LogP contribution in [0.2, 0.25) is 0 Å². The summed E-state index contributed by atoms with van der Waals surface area (Å²) < 4.78 is 5.25. The van der Waals surface area contributed by atoms with Crippen molar-refractivity contribution in [1.29, 1.82) is 0 Å². The number of methoxy groups -OCH3 is 1. The predicted octanol–water partition coefficient (Wildman–Crippen LogP) is 1.10. The zero-order valence-corrected chi connectivity index (χ0v) is 12.2. The van der Waals surface area contributed by atoms with Crippen LogP contribution in [-0.2, 0) is 4.74 Å². The van der Waals surface area contributed by atoms with E-state index in [2.05, 4.69) is 17.1 Å². The highest BCUT2D eigenvalue weighted by atomic mass is 16.5. The lowest BCUT2D eigenvalue weighted by atomic mass is 9.95. The molecule has 1 aliphatic rings. The molecular weight excluding hydrogens is 228 g/mol. The van der Waals surface area contributed by atoms with Crippen LogP contribution in [0.3, 0.4) is 0 Å². The molecule has 1 aliphatic heterocycles. The summed E-state index contributed by atoms with van der Waals surface area (Å²) in [4.78, 5) is 2.54. The zero-order valence-electron chi connectivity index (χ0n) is 12.2. The average molecular weight is 258 g/mol. The number of nitrogens with zero attached hydrogens (tertiary/aromatic N) is 1. The van der Waals surface area contributed by atoms with Crippen molar-refractivity contribution in [2.24, 2.45) is 5.92 Å². The highest BCUT2D eigenvalue weighted by Crippen LogP contribution is 2.18. The Balaban J connectivity index is 2.22. The van der Waals surface area contributed by atoms with Gasteiger partial charge in [-0.15, -0.1) is 0 Å². The third kappa shape index (κ3) is 5.22. The maximum Gasteiger partial charge on any atom is 0.0610 e. The molecule has 0 bridgehead atoms. The Morgan fingerprint density at radius 1 is 1.50 bits per heavy atom. The van der Waals surface area contributed by atoms with Gasteiger partial charge in [-0.25, -0.2) is 0 Å². The Labute approximate surface area is 112 Å². The van der Waals surface area contributed by atoms with Crippen LogP contribution in [0.4, 0.5) is 0 Å². The van der Waals surface area contributed by atoms with Gasteiger partial charge in [0.2, 0.25) is 0 Å². The quantitative estimate of drug-likeness (QED) is 0.684. The summed E-state index contributed by atoms with van der Waals surface area (Å²) in [6, 6.07) is 0. The number of piperidine rings is 1. The van der Waals surface area contributed by atoms with Crippen LogP contribution in [0, 0.1) is 5.92 Å². The van der Waals surface area contributed by atoms with Gasteiger partial charge in [-0.1, -0.05) is 0 Å². The highest BCUT2D eigenvalue weighted by molar-refractivity contribution is 4.81. The molecule has 0 saturated carbocycles. The van der Waals surface area contributed by atoms with E-state index in [0.29, 0.717) is 5.92 Å². The van der Waals surface area contributed by atoms with Gasteiger partial charge >= 0.3 is 0 Å². The molecule has 108 valence electrons. The van der Waals surface area contributed by atoms with Crippen molar-refractivity contribution in [2.45, 2.75) is 38.1 Å². The fourth-order valence-electron chi connectivity index (χ4n) is 2.70. The topological polar surface area (TPSA) is 44.7 Å². The standard InChI is InChI=1S/C14H30N2O2/c1-14(12-17,15-2)7-5-9-16-8-4-6-13(10-16)11-18-3/h13,15,17H,4-12H2,1-3H3. The molecule has 4 heteroatoms. The van der Waals surface area contributed by atoms with Gasteiger partial charge in [-0.05, 0) is 58.7 Å². The third-order valence-corrected chi connectivity index (χ3v) is 4.16. The van der Waals surface area contributed by atoms with E-state index in [4.69, 9.17) is 4.74 Å². The minimum absolute atomic E-state index is 0.123. The molecule has 0 radical (unpaired) electrons. The summed E-state index contributed by atoms with van der Waals surface area (Å²) >= 11 is 0. The molecule has 0 spiro atoms. The van der Waals surface area contributed by atoms with Crippen LogP contribution < -0.4 is 5.32 Å². The van der Waals surface area contributed by atoms with Gasteiger partial charge in [-0.3, -0.25) is 0 Å². The summed E-state index contributed by atoms with van der Waals surface area (Å²) in [5, 5.41) is 12.5. The highest BCUT2D eigenvalue weighted by Gasteiger charge is 2.22. The fourth-order valence-corrected chi connectivity index (χ4v) is 2.70. The average Bonchev–Trinajstić information content (AvgIpc) is 2.39. The lowest BCUT2D eigenvalue weighted by Gasteiger charge is -2.33. The fraction of sp³-hybridized carbons (Fsp3) is 1.00. The second-order valence-corrected chi connectivity index (χ2v) is 5.84. The molecule has 0 amide bonds. The van der Waals surface area contributed by atoms with Crippen LogP contribution in [0.15, 0.2) is 0 Å². The number of hydrogen-bond donors (Lipinski definition) is 2. The van der Waals surface area contributed by atoms with Crippen molar-refractivity contribution in [3.8, 4) is 0 Å². The van der Waals surface area contributed by atoms with Gasteiger partial charge in [0.15, 0.2) is 0 Å². The van der Waals surface area contributed by atoms with Gasteiger partial charge in [0.05, 0.1) is 13.2 Å². The molecule has 2 atom stereocenters. The number of aliphatic hydroxyl groups is 1. The summed E-state index contributed by atoms with van der Waals surface area (Å²) in [7, 11) is 3.71. The molecule has 0 aromatic heterocycles. The van der Waals surface area contributed by atoms with Crippen LogP contribution in [0.25, 0.3) is 0 Å². The molecule has 18 heavy (non-hydrogen) atoms. The van der Waals surface area contributed by atoms with E-state index in [1.807, 2.05) is 7.05 Å². The number of ether oxygens (including phenoxy) is 1. The van der Waals surface area contributed by atoms with Crippen LogP contribution in [0.5, 0.6) is 0 Å². The van der Waals surface area contributed by atoms with E-state index in [0.717, 1.165) is 26.0 Å². The summed E-state index contributed by atoms with van der Waals surface area (Å²) in [5.41, 5.74) is -0.123. The largest absolute Gasteiger partial charge is 0.394 e. The SMILES string of the molecule is CNC(C)(CO)CCCN1CCCC(COC)C1. The van der Waals surface area contributed by atoms with Crippen LogP contribution >= 0.6 is 0 Å². The first-order valence-corrected chi connectivity index (χ1v) is 7.14. The van der Waals surface area contributed by atoms with Crippen molar-refractivity contribution in [1.82, 2.24) is 10.2 Å².